The highest BCUT2D eigenvalue weighted by atomic mass is 32.2. The Hall–Kier alpha value is -3.28. The molecule has 0 spiro atoms. The number of nitrogens with zero attached hydrogens (tertiary/aromatic N) is 1. The lowest BCUT2D eigenvalue weighted by Gasteiger charge is -2.23. The van der Waals surface area contributed by atoms with Gasteiger partial charge in [0.2, 0.25) is 0 Å². The van der Waals surface area contributed by atoms with Gasteiger partial charge in [-0.05, 0) is 29.3 Å². The molecule has 1 atom stereocenters. The van der Waals surface area contributed by atoms with E-state index in [-0.39, 0.29) is 10.9 Å². The molecule has 1 heterocycles. The van der Waals surface area contributed by atoms with Crippen LogP contribution in [0.4, 0.5) is 0 Å². The Kier molecular flexibility index (Phi) is 6.77. The lowest BCUT2D eigenvalue weighted by atomic mass is 10.1. The first-order chi connectivity index (χ1) is 14.5. The van der Waals surface area contributed by atoms with Crippen molar-refractivity contribution in [3.63, 3.8) is 0 Å². The number of carbonyl (C=O) groups is 2. The summed E-state index contributed by atoms with van der Waals surface area (Å²) in [7, 11) is 1.50. The Bertz CT molecular complexity index is 1060. The van der Waals surface area contributed by atoms with E-state index in [1.165, 1.54) is 7.11 Å². The standard InChI is InChI=1S/C22H17NO5S2/c1-3-11-28-16-10-9-14(12-17(16)27-2)13-18-20(24)23(22(29)30-18)19(21(25)26)15-7-5-4-6-8-15/h1,4-10,12-13,19H,11H2,2H3,(H,25,26). The fourth-order valence-electron chi connectivity index (χ4n) is 2.90. The summed E-state index contributed by atoms with van der Waals surface area (Å²) in [5.41, 5.74) is 1.14. The van der Waals surface area contributed by atoms with Crippen LogP contribution >= 0.6 is 24.0 Å². The van der Waals surface area contributed by atoms with Crippen LogP contribution in [-0.2, 0) is 9.59 Å². The van der Waals surface area contributed by atoms with Gasteiger partial charge in [-0.15, -0.1) is 6.42 Å². The molecule has 1 saturated heterocycles. The van der Waals surface area contributed by atoms with Crippen molar-refractivity contribution >= 4 is 46.3 Å². The molecule has 3 rings (SSSR count). The van der Waals surface area contributed by atoms with Crippen molar-refractivity contribution in [2.24, 2.45) is 0 Å². The van der Waals surface area contributed by atoms with E-state index in [0.717, 1.165) is 16.7 Å². The van der Waals surface area contributed by atoms with E-state index in [1.54, 1.807) is 54.6 Å². The number of aliphatic carboxylic acids is 1. The first kappa shape index (κ1) is 21.4. The maximum atomic E-state index is 13.0. The van der Waals surface area contributed by atoms with Crippen LogP contribution in [0.2, 0.25) is 0 Å². The van der Waals surface area contributed by atoms with Gasteiger partial charge < -0.3 is 14.6 Å². The number of carbonyl (C=O) groups excluding carboxylic acids is 1. The third-order valence-corrected chi connectivity index (χ3v) is 5.56. The first-order valence-corrected chi connectivity index (χ1v) is 9.98. The molecular formula is C22H17NO5S2. The topological polar surface area (TPSA) is 76.1 Å². The normalized spacial score (nSPS) is 15.7. The van der Waals surface area contributed by atoms with Crippen molar-refractivity contribution in [2.75, 3.05) is 13.7 Å². The largest absolute Gasteiger partial charge is 0.493 e. The lowest BCUT2D eigenvalue weighted by molar-refractivity contribution is -0.145. The van der Waals surface area contributed by atoms with Crippen molar-refractivity contribution in [1.29, 1.82) is 0 Å². The maximum absolute atomic E-state index is 13.0. The number of carboxylic acid groups (broad SMARTS) is 1. The number of rotatable bonds is 7. The van der Waals surface area contributed by atoms with Gasteiger partial charge in [0.1, 0.15) is 10.9 Å². The second-order valence-corrected chi connectivity index (χ2v) is 7.78. The number of hydrogen-bond acceptors (Lipinski definition) is 6. The Morgan fingerprint density at radius 3 is 2.67 bits per heavy atom. The average Bonchev–Trinajstić information content (AvgIpc) is 3.01. The summed E-state index contributed by atoms with van der Waals surface area (Å²) in [4.78, 5) is 26.4. The number of hydrogen-bond donors (Lipinski definition) is 1. The summed E-state index contributed by atoms with van der Waals surface area (Å²) in [6.45, 7) is 0.102. The van der Waals surface area contributed by atoms with Crippen molar-refractivity contribution in [3.05, 3.63) is 64.6 Å². The molecule has 0 aromatic heterocycles. The fraction of sp³-hybridized carbons (Fsp3) is 0.136. The third kappa shape index (κ3) is 4.48. The minimum Gasteiger partial charge on any atom is -0.493 e. The summed E-state index contributed by atoms with van der Waals surface area (Å²) >= 11 is 6.38. The molecule has 1 aliphatic rings. The lowest BCUT2D eigenvalue weighted by Crippen LogP contribution is -2.37. The third-order valence-electron chi connectivity index (χ3n) is 4.23. The van der Waals surface area contributed by atoms with E-state index in [0.29, 0.717) is 27.5 Å². The van der Waals surface area contributed by atoms with Crippen LogP contribution in [0.15, 0.2) is 53.4 Å². The van der Waals surface area contributed by atoms with Crippen LogP contribution in [-0.4, -0.2) is 39.9 Å². The molecule has 1 fully saturated rings. The van der Waals surface area contributed by atoms with Crippen LogP contribution in [0.1, 0.15) is 17.2 Å². The van der Waals surface area contributed by atoms with Gasteiger partial charge in [0.05, 0.1) is 12.0 Å². The van der Waals surface area contributed by atoms with Gasteiger partial charge in [-0.3, -0.25) is 9.69 Å². The zero-order valence-electron chi connectivity index (χ0n) is 15.9. The van der Waals surface area contributed by atoms with Crippen LogP contribution in [0.5, 0.6) is 11.5 Å². The van der Waals surface area contributed by atoms with E-state index in [9.17, 15) is 14.7 Å². The van der Waals surface area contributed by atoms with E-state index in [2.05, 4.69) is 5.92 Å². The number of thiocarbonyl (C=S) groups is 1. The quantitative estimate of drug-likeness (QED) is 0.400. The summed E-state index contributed by atoms with van der Waals surface area (Å²) in [5, 5.41) is 9.74. The molecule has 8 heteroatoms. The molecule has 0 aliphatic carbocycles. The molecule has 1 unspecified atom stereocenters. The molecule has 1 N–H and O–H groups in total. The number of methoxy groups -OCH3 is 1. The zero-order valence-corrected chi connectivity index (χ0v) is 17.5. The number of ether oxygens (including phenoxy) is 2. The molecule has 152 valence electrons. The Labute approximate surface area is 183 Å². The number of amides is 1. The molecule has 0 radical (unpaired) electrons. The predicted molar refractivity (Wildman–Crippen MR) is 119 cm³/mol. The first-order valence-electron chi connectivity index (χ1n) is 8.75. The van der Waals surface area contributed by atoms with Gasteiger partial charge >= 0.3 is 5.97 Å². The summed E-state index contributed by atoms with van der Waals surface area (Å²) in [5.74, 6) is 1.70. The molecule has 0 saturated carbocycles. The van der Waals surface area contributed by atoms with E-state index in [1.807, 2.05) is 0 Å². The van der Waals surface area contributed by atoms with E-state index < -0.39 is 17.9 Å². The SMILES string of the molecule is C#CCOc1ccc(C=C2SC(=S)N(C(C(=O)O)c3ccccc3)C2=O)cc1OC. The van der Waals surface area contributed by atoms with Gasteiger partial charge in [0, 0.05) is 0 Å². The van der Waals surface area contributed by atoms with Gasteiger partial charge in [-0.1, -0.05) is 66.3 Å². The highest BCUT2D eigenvalue weighted by Crippen LogP contribution is 2.39. The summed E-state index contributed by atoms with van der Waals surface area (Å²) in [6.07, 6.45) is 6.85. The molecule has 2 aromatic rings. The highest BCUT2D eigenvalue weighted by molar-refractivity contribution is 8.26. The monoisotopic (exact) mass is 439 g/mol. The maximum Gasteiger partial charge on any atom is 0.331 e. The number of thioether (sulfide) groups is 1. The average molecular weight is 440 g/mol. The minimum absolute atomic E-state index is 0.102. The second kappa shape index (κ2) is 9.48. The zero-order chi connectivity index (χ0) is 21.7. The molecule has 0 bridgehead atoms. The number of benzene rings is 2. The minimum atomic E-state index is -1.20. The van der Waals surface area contributed by atoms with Gasteiger partial charge in [-0.25, -0.2) is 4.79 Å². The molecule has 1 aliphatic heterocycles. The number of carboxylic acids is 1. The Morgan fingerprint density at radius 1 is 1.30 bits per heavy atom. The van der Waals surface area contributed by atoms with Gasteiger partial charge in [-0.2, -0.15) is 0 Å². The second-order valence-electron chi connectivity index (χ2n) is 6.11. The molecular weight excluding hydrogens is 422 g/mol. The summed E-state index contributed by atoms with van der Waals surface area (Å²) < 4.78 is 10.9. The number of terminal acetylenes is 1. The predicted octanol–water partition coefficient (Wildman–Crippen LogP) is 3.73. The van der Waals surface area contributed by atoms with E-state index in [4.69, 9.17) is 28.1 Å². The molecule has 6 nitrogen and oxygen atoms in total. The van der Waals surface area contributed by atoms with Gasteiger partial charge in [0.15, 0.2) is 17.5 Å². The van der Waals surface area contributed by atoms with Gasteiger partial charge in [0.25, 0.3) is 5.91 Å². The van der Waals surface area contributed by atoms with Crippen molar-refractivity contribution in [3.8, 4) is 23.8 Å². The van der Waals surface area contributed by atoms with Crippen LogP contribution in [0.25, 0.3) is 6.08 Å². The fourth-order valence-corrected chi connectivity index (χ4v) is 4.22. The van der Waals surface area contributed by atoms with Crippen LogP contribution in [0, 0.1) is 12.3 Å². The smallest absolute Gasteiger partial charge is 0.331 e. The van der Waals surface area contributed by atoms with Crippen LogP contribution < -0.4 is 9.47 Å². The Morgan fingerprint density at radius 2 is 2.03 bits per heavy atom. The van der Waals surface area contributed by atoms with Crippen molar-refractivity contribution < 1.29 is 24.2 Å². The molecule has 1 amide bonds. The Balaban J connectivity index is 1.91. The highest BCUT2D eigenvalue weighted by Gasteiger charge is 2.41. The van der Waals surface area contributed by atoms with Crippen molar-refractivity contribution in [1.82, 2.24) is 4.90 Å². The van der Waals surface area contributed by atoms with E-state index >= 15 is 0 Å². The van der Waals surface area contributed by atoms with Crippen molar-refractivity contribution in [2.45, 2.75) is 6.04 Å². The summed E-state index contributed by atoms with van der Waals surface area (Å²) in [6, 6.07) is 12.4. The van der Waals surface area contributed by atoms with Crippen LogP contribution in [0.3, 0.4) is 0 Å². The molecule has 30 heavy (non-hydrogen) atoms. The molecule has 2 aromatic carbocycles.